The maximum Gasteiger partial charge on any atom is 0.156 e. The van der Waals surface area contributed by atoms with Crippen LogP contribution in [0.3, 0.4) is 0 Å². The predicted molar refractivity (Wildman–Crippen MR) is 79.4 cm³/mol. The van der Waals surface area contributed by atoms with E-state index in [-0.39, 0.29) is 12.4 Å². The van der Waals surface area contributed by atoms with E-state index in [1.54, 1.807) is 0 Å². The van der Waals surface area contributed by atoms with Crippen LogP contribution in [0.15, 0.2) is 60.7 Å². The first-order valence-corrected chi connectivity index (χ1v) is 7.15. The van der Waals surface area contributed by atoms with Gasteiger partial charge in [0.1, 0.15) is 5.60 Å². The molecule has 0 spiro atoms. The van der Waals surface area contributed by atoms with Crippen LogP contribution in [0.4, 0.5) is 0 Å². The van der Waals surface area contributed by atoms with E-state index >= 15 is 0 Å². The van der Waals surface area contributed by atoms with Crippen LogP contribution in [0.1, 0.15) is 31.4 Å². The molecule has 0 bridgehead atoms. The molecule has 2 heteroatoms. The smallest absolute Gasteiger partial charge is 0.156 e. The van der Waals surface area contributed by atoms with Crippen LogP contribution in [0, 0.1) is 0 Å². The van der Waals surface area contributed by atoms with E-state index in [4.69, 9.17) is 9.47 Å². The lowest BCUT2D eigenvalue weighted by Crippen LogP contribution is -2.44. The highest BCUT2D eigenvalue weighted by atomic mass is 16.7. The Morgan fingerprint density at radius 1 is 0.850 bits per heavy atom. The van der Waals surface area contributed by atoms with Gasteiger partial charge in [0.15, 0.2) is 6.29 Å². The summed E-state index contributed by atoms with van der Waals surface area (Å²) in [7, 11) is 0. The van der Waals surface area contributed by atoms with Gasteiger partial charge in [-0.1, -0.05) is 60.7 Å². The number of hydrogen-bond acceptors (Lipinski definition) is 2. The fraction of sp³-hybridized carbons (Fsp3) is 0.333. The van der Waals surface area contributed by atoms with Crippen molar-refractivity contribution in [3.05, 3.63) is 71.8 Å². The summed E-state index contributed by atoms with van der Waals surface area (Å²) >= 11 is 0. The van der Waals surface area contributed by atoms with Crippen molar-refractivity contribution in [1.29, 1.82) is 0 Å². The molecular weight excluding hydrogens is 248 g/mol. The molecule has 3 rings (SSSR count). The first-order chi connectivity index (χ1) is 9.71. The summed E-state index contributed by atoms with van der Waals surface area (Å²) in [5, 5.41) is 0. The minimum absolute atomic E-state index is 0.166. The standard InChI is InChI=1S/C18H20O2/c1-14-13-18(20-15(2)19-14,16-9-5-3-6-10-16)17-11-7-4-8-12-17/h3-12,14-15H,13H2,1-2H3/t14-,15-/m1/s1. The van der Waals surface area contributed by atoms with Crippen molar-refractivity contribution in [1.82, 2.24) is 0 Å². The second-order valence-corrected chi connectivity index (χ2v) is 5.40. The average molecular weight is 268 g/mol. The molecule has 0 saturated carbocycles. The molecule has 20 heavy (non-hydrogen) atoms. The zero-order valence-electron chi connectivity index (χ0n) is 12.0. The van der Waals surface area contributed by atoms with E-state index in [9.17, 15) is 0 Å². The number of rotatable bonds is 2. The normalized spacial score (nSPS) is 25.3. The number of benzene rings is 2. The first-order valence-electron chi connectivity index (χ1n) is 7.15. The molecule has 0 unspecified atom stereocenters. The maximum atomic E-state index is 6.29. The van der Waals surface area contributed by atoms with Gasteiger partial charge in [-0.05, 0) is 25.0 Å². The van der Waals surface area contributed by atoms with Crippen LogP contribution in [0.2, 0.25) is 0 Å². The third-order valence-electron chi connectivity index (χ3n) is 3.85. The Morgan fingerprint density at radius 3 is 1.80 bits per heavy atom. The second-order valence-electron chi connectivity index (χ2n) is 5.40. The highest BCUT2D eigenvalue weighted by molar-refractivity contribution is 5.37. The van der Waals surface area contributed by atoms with Gasteiger partial charge in [-0.3, -0.25) is 0 Å². The zero-order valence-corrected chi connectivity index (χ0v) is 12.0. The molecule has 1 heterocycles. The second kappa shape index (κ2) is 5.39. The lowest BCUT2D eigenvalue weighted by Gasteiger charge is -2.43. The molecule has 0 amide bonds. The molecule has 2 atom stereocenters. The molecule has 104 valence electrons. The summed E-state index contributed by atoms with van der Waals surface area (Å²) in [6.45, 7) is 4.08. The molecule has 0 N–H and O–H groups in total. The van der Waals surface area contributed by atoms with Crippen molar-refractivity contribution >= 4 is 0 Å². The van der Waals surface area contributed by atoms with Crippen LogP contribution in [-0.4, -0.2) is 12.4 Å². The third-order valence-corrected chi connectivity index (χ3v) is 3.85. The van der Waals surface area contributed by atoms with Gasteiger partial charge in [-0.2, -0.15) is 0 Å². The Kier molecular flexibility index (Phi) is 3.60. The fourth-order valence-corrected chi connectivity index (χ4v) is 3.09. The average Bonchev–Trinajstić information content (AvgIpc) is 2.48. The van der Waals surface area contributed by atoms with Crippen LogP contribution in [0.25, 0.3) is 0 Å². The number of hydrogen-bond donors (Lipinski definition) is 0. The summed E-state index contributed by atoms with van der Waals surface area (Å²) in [6, 6.07) is 20.9. The fourth-order valence-electron chi connectivity index (χ4n) is 3.09. The van der Waals surface area contributed by atoms with E-state index < -0.39 is 5.60 Å². The van der Waals surface area contributed by atoms with Crippen LogP contribution in [0.5, 0.6) is 0 Å². The largest absolute Gasteiger partial charge is 0.350 e. The van der Waals surface area contributed by atoms with Gasteiger partial charge < -0.3 is 9.47 Å². The number of ether oxygens (including phenoxy) is 2. The van der Waals surface area contributed by atoms with Crippen molar-refractivity contribution in [3.63, 3.8) is 0 Å². The molecular formula is C18H20O2. The third kappa shape index (κ3) is 2.37. The van der Waals surface area contributed by atoms with Gasteiger partial charge in [0, 0.05) is 6.42 Å². The van der Waals surface area contributed by atoms with Crippen LogP contribution >= 0.6 is 0 Å². The van der Waals surface area contributed by atoms with Crippen LogP contribution in [-0.2, 0) is 15.1 Å². The highest BCUT2D eigenvalue weighted by Crippen LogP contribution is 2.42. The molecule has 0 aliphatic carbocycles. The van der Waals surface area contributed by atoms with Crippen molar-refractivity contribution in [3.8, 4) is 0 Å². The SMILES string of the molecule is C[C@@H]1O[C@H](C)CC(c2ccccc2)(c2ccccc2)O1. The van der Waals surface area contributed by atoms with Crippen molar-refractivity contribution < 1.29 is 9.47 Å². The Balaban J connectivity index is 2.13. The molecule has 0 radical (unpaired) electrons. The Bertz CT molecular complexity index is 499. The molecule has 1 aliphatic rings. The van der Waals surface area contributed by atoms with E-state index in [0.29, 0.717) is 0 Å². The topological polar surface area (TPSA) is 18.5 Å². The van der Waals surface area contributed by atoms with Crippen LogP contribution < -0.4 is 0 Å². The highest BCUT2D eigenvalue weighted by Gasteiger charge is 2.42. The van der Waals surface area contributed by atoms with Crippen molar-refractivity contribution in [2.24, 2.45) is 0 Å². The molecule has 2 aromatic carbocycles. The first kappa shape index (κ1) is 13.3. The lowest BCUT2D eigenvalue weighted by atomic mass is 9.81. The zero-order chi connectivity index (χ0) is 14.0. The minimum Gasteiger partial charge on any atom is -0.350 e. The van der Waals surface area contributed by atoms with E-state index in [1.165, 1.54) is 11.1 Å². The van der Waals surface area contributed by atoms with Gasteiger partial charge >= 0.3 is 0 Å². The Morgan fingerprint density at radius 2 is 1.35 bits per heavy atom. The van der Waals surface area contributed by atoms with E-state index in [1.807, 2.05) is 19.1 Å². The molecule has 1 saturated heterocycles. The van der Waals surface area contributed by atoms with Gasteiger partial charge in [0.05, 0.1) is 6.10 Å². The maximum absolute atomic E-state index is 6.29. The predicted octanol–water partition coefficient (Wildman–Crippen LogP) is 4.10. The summed E-state index contributed by atoms with van der Waals surface area (Å²) in [4.78, 5) is 0. The summed E-state index contributed by atoms with van der Waals surface area (Å²) in [5.41, 5.74) is 1.96. The molecule has 0 aromatic heterocycles. The molecule has 2 nitrogen and oxygen atoms in total. The van der Waals surface area contributed by atoms with E-state index in [0.717, 1.165) is 6.42 Å². The van der Waals surface area contributed by atoms with Gasteiger partial charge in [-0.25, -0.2) is 0 Å². The minimum atomic E-state index is -0.417. The lowest BCUT2D eigenvalue weighted by molar-refractivity contribution is -0.262. The van der Waals surface area contributed by atoms with Crippen molar-refractivity contribution in [2.45, 2.75) is 38.3 Å². The Labute approximate surface area is 120 Å². The quantitative estimate of drug-likeness (QED) is 0.816. The molecule has 1 aliphatic heterocycles. The monoisotopic (exact) mass is 268 g/mol. The molecule has 1 fully saturated rings. The summed E-state index contributed by atoms with van der Waals surface area (Å²) < 4.78 is 12.1. The van der Waals surface area contributed by atoms with Gasteiger partial charge in [0.25, 0.3) is 0 Å². The van der Waals surface area contributed by atoms with E-state index in [2.05, 4.69) is 55.5 Å². The van der Waals surface area contributed by atoms with Gasteiger partial charge in [-0.15, -0.1) is 0 Å². The Hall–Kier alpha value is -1.64. The van der Waals surface area contributed by atoms with Gasteiger partial charge in [0.2, 0.25) is 0 Å². The summed E-state index contributed by atoms with van der Waals surface area (Å²) in [6.07, 6.45) is 0.782. The molecule has 2 aromatic rings. The summed E-state index contributed by atoms with van der Waals surface area (Å²) in [5.74, 6) is 0. The van der Waals surface area contributed by atoms with Crippen molar-refractivity contribution in [2.75, 3.05) is 0 Å².